The van der Waals surface area contributed by atoms with Crippen molar-refractivity contribution in [2.75, 3.05) is 19.6 Å². The Labute approximate surface area is 145 Å². The van der Waals surface area contributed by atoms with Crippen LogP contribution in [0.15, 0.2) is 24.4 Å². The predicted molar refractivity (Wildman–Crippen MR) is 99.8 cm³/mol. The number of nitrogens with zero attached hydrogens (tertiary/aromatic N) is 1. The van der Waals surface area contributed by atoms with Crippen LogP contribution in [0.5, 0.6) is 0 Å². The van der Waals surface area contributed by atoms with Crippen LogP contribution >= 0.6 is 0 Å². The van der Waals surface area contributed by atoms with E-state index in [-0.39, 0.29) is 6.04 Å². The van der Waals surface area contributed by atoms with Gasteiger partial charge in [-0.1, -0.05) is 31.4 Å². The summed E-state index contributed by atoms with van der Waals surface area (Å²) in [5.41, 5.74) is 7.38. The number of aryl methyl sites for hydroxylation is 1. The van der Waals surface area contributed by atoms with Gasteiger partial charge in [-0.05, 0) is 47.9 Å². The Morgan fingerprint density at radius 1 is 1.42 bits per heavy atom. The molecule has 0 bridgehead atoms. The molecule has 2 nitrogen and oxygen atoms in total. The fourth-order valence-corrected chi connectivity index (χ4v) is 4.69. The first-order chi connectivity index (χ1) is 11.6. The molecule has 128 valence electrons. The molecular formula is C20H28BFN2. The van der Waals surface area contributed by atoms with Crippen LogP contribution < -0.4 is 5.32 Å². The smallest absolute Gasteiger partial charge is 0.126 e. The van der Waals surface area contributed by atoms with Gasteiger partial charge in [-0.3, -0.25) is 0 Å². The Kier molecular flexibility index (Phi) is 4.42. The van der Waals surface area contributed by atoms with Gasteiger partial charge < -0.3 is 10.2 Å². The summed E-state index contributed by atoms with van der Waals surface area (Å²) in [4.78, 5) is 2.34. The van der Waals surface area contributed by atoms with Gasteiger partial charge in [-0.15, -0.1) is 0 Å². The molecule has 0 aliphatic carbocycles. The van der Waals surface area contributed by atoms with Crippen LogP contribution in [-0.2, 0) is 19.2 Å². The summed E-state index contributed by atoms with van der Waals surface area (Å²) in [5.74, 6) is 0.713. The van der Waals surface area contributed by atoms with Gasteiger partial charge in [0.1, 0.15) is 13.5 Å². The van der Waals surface area contributed by atoms with Crippen LogP contribution in [0.1, 0.15) is 28.7 Å². The number of nitrogens with one attached hydrogen (secondary N) is 1. The third-order valence-electron chi connectivity index (χ3n) is 6.28. The highest BCUT2D eigenvalue weighted by atomic mass is 19.1. The topological polar surface area (TPSA) is 15.3 Å². The van der Waals surface area contributed by atoms with Gasteiger partial charge in [-0.2, -0.15) is 0 Å². The van der Waals surface area contributed by atoms with E-state index < -0.39 is 6.17 Å². The normalized spacial score (nSPS) is 26.7. The molecular weight excluding hydrogens is 298 g/mol. The number of rotatable bonds is 4. The number of halogens is 1. The molecule has 0 amide bonds. The molecule has 3 aliphatic rings. The van der Waals surface area contributed by atoms with Gasteiger partial charge in [0, 0.05) is 37.8 Å². The van der Waals surface area contributed by atoms with Crippen molar-refractivity contribution >= 4 is 7.28 Å². The second kappa shape index (κ2) is 6.55. The number of fused-ring (bicyclic) bond motifs is 1. The maximum atomic E-state index is 13.3. The highest BCUT2D eigenvalue weighted by Crippen LogP contribution is 2.31. The zero-order chi connectivity index (χ0) is 16.7. The van der Waals surface area contributed by atoms with Crippen LogP contribution in [0.4, 0.5) is 4.39 Å². The van der Waals surface area contributed by atoms with Crippen LogP contribution in [0, 0.1) is 12.8 Å². The lowest BCUT2D eigenvalue weighted by Gasteiger charge is -2.44. The Bertz CT molecular complexity index is 639. The Morgan fingerprint density at radius 2 is 2.25 bits per heavy atom. The largest absolute Gasteiger partial charge is 0.373 e. The number of hydrogen-bond acceptors (Lipinski definition) is 2. The molecule has 2 atom stereocenters. The third kappa shape index (κ3) is 3.01. The molecule has 3 aliphatic heterocycles. The maximum Gasteiger partial charge on any atom is 0.126 e. The second-order valence-corrected chi connectivity index (χ2v) is 7.95. The van der Waals surface area contributed by atoms with Crippen molar-refractivity contribution in [1.82, 2.24) is 10.2 Å². The van der Waals surface area contributed by atoms with Gasteiger partial charge >= 0.3 is 0 Å². The van der Waals surface area contributed by atoms with Crippen molar-refractivity contribution < 1.29 is 4.39 Å². The predicted octanol–water partition coefficient (Wildman–Crippen LogP) is 2.59. The summed E-state index contributed by atoms with van der Waals surface area (Å²) in [6, 6.07) is 4.88. The molecule has 3 heterocycles. The van der Waals surface area contributed by atoms with Gasteiger partial charge in [0.15, 0.2) is 0 Å². The minimum atomic E-state index is -0.707. The van der Waals surface area contributed by atoms with E-state index in [1.54, 1.807) is 16.7 Å². The fraction of sp³-hybridized carbons (Fsp3) is 0.600. The van der Waals surface area contributed by atoms with Crippen molar-refractivity contribution in [3.05, 3.63) is 46.7 Å². The first kappa shape index (κ1) is 16.2. The van der Waals surface area contributed by atoms with E-state index in [1.165, 1.54) is 38.3 Å². The first-order valence-corrected chi connectivity index (χ1v) is 9.53. The lowest BCUT2D eigenvalue weighted by Crippen LogP contribution is -2.50. The zero-order valence-electron chi connectivity index (χ0n) is 14.8. The zero-order valence-corrected chi connectivity index (χ0v) is 14.8. The van der Waals surface area contributed by atoms with E-state index in [2.05, 4.69) is 35.9 Å². The second-order valence-electron chi connectivity index (χ2n) is 7.95. The average Bonchev–Trinajstić information content (AvgIpc) is 2.98. The molecule has 1 aromatic carbocycles. The summed E-state index contributed by atoms with van der Waals surface area (Å²) < 4.78 is 13.3. The molecule has 1 N–H and O–H groups in total. The van der Waals surface area contributed by atoms with Gasteiger partial charge in [-0.25, -0.2) is 4.39 Å². The average molecular weight is 326 g/mol. The Balaban J connectivity index is 1.34. The van der Waals surface area contributed by atoms with Gasteiger partial charge in [0.25, 0.3) is 0 Å². The molecule has 0 radical (unpaired) electrons. The highest BCUT2D eigenvalue weighted by molar-refractivity contribution is 6.35. The van der Waals surface area contributed by atoms with Gasteiger partial charge in [0.05, 0.1) is 0 Å². The van der Waals surface area contributed by atoms with Crippen molar-refractivity contribution in [2.24, 2.45) is 5.92 Å². The standard InChI is InChI=1S/C20H28BFN2/c1-13-17(4-3-16-5-6-21-9-19(13)16)7-15-11-24(12-15)14(2)20-8-18(22)10-23-20/h3-4,15,18,20-21,23H,2,5-12H2,1H3. The summed E-state index contributed by atoms with van der Waals surface area (Å²) in [7, 11) is 1.35. The molecule has 4 heteroatoms. The Morgan fingerprint density at radius 3 is 3.00 bits per heavy atom. The number of hydrogen-bond donors (Lipinski definition) is 1. The maximum absolute atomic E-state index is 13.3. The molecule has 24 heavy (non-hydrogen) atoms. The van der Waals surface area contributed by atoms with Crippen LogP contribution in [0.25, 0.3) is 0 Å². The van der Waals surface area contributed by atoms with E-state index in [4.69, 9.17) is 0 Å². The van der Waals surface area contributed by atoms with E-state index in [9.17, 15) is 4.39 Å². The summed E-state index contributed by atoms with van der Waals surface area (Å²) in [5, 5.41) is 3.25. The molecule has 2 fully saturated rings. The molecule has 0 aromatic heterocycles. The molecule has 1 aromatic rings. The quantitative estimate of drug-likeness (QED) is 0.856. The molecule has 0 saturated carbocycles. The van der Waals surface area contributed by atoms with E-state index in [0.717, 1.165) is 18.8 Å². The molecule has 0 spiro atoms. The van der Waals surface area contributed by atoms with Crippen molar-refractivity contribution in [3.8, 4) is 0 Å². The summed E-state index contributed by atoms with van der Waals surface area (Å²) in [6.45, 7) is 9.15. The highest BCUT2D eigenvalue weighted by Gasteiger charge is 2.34. The number of benzene rings is 1. The van der Waals surface area contributed by atoms with Crippen molar-refractivity contribution in [2.45, 2.75) is 51.0 Å². The fourth-order valence-electron chi connectivity index (χ4n) is 4.69. The van der Waals surface area contributed by atoms with Gasteiger partial charge in [0.2, 0.25) is 0 Å². The number of likely N-dealkylation sites (tertiary alicyclic amines) is 1. The van der Waals surface area contributed by atoms with Crippen LogP contribution in [-0.4, -0.2) is 44.0 Å². The van der Waals surface area contributed by atoms with Crippen molar-refractivity contribution in [3.63, 3.8) is 0 Å². The lowest BCUT2D eigenvalue weighted by atomic mass is 9.61. The van der Waals surface area contributed by atoms with E-state index >= 15 is 0 Å². The monoisotopic (exact) mass is 326 g/mol. The summed E-state index contributed by atoms with van der Waals surface area (Å²) >= 11 is 0. The molecule has 2 saturated heterocycles. The SMILES string of the molecule is C=C(C1CC(F)CN1)N1CC(Cc2ccc3c(c2C)CBCC3)C1. The lowest BCUT2D eigenvalue weighted by molar-refractivity contribution is 0.132. The number of alkyl halides is 1. The molecule has 2 unspecified atom stereocenters. The minimum absolute atomic E-state index is 0.145. The van der Waals surface area contributed by atoms with Crippen LogP contribution in [0.3, 0.4) is 0 Å². The van der Waals surface area contributed by atoms with E-state index in [1.807, 2.05) is 0 Å². The van der Waals surface area contributed by atoms with Crippen molar-refractivity contribution in [1.29, 1.82) is 0 Å². The summed E-state index contributed by atoms with van der Waals surface area (Å²) in [6.07, 6.45) is 4.93. The van der Waals surface area contributed by atoms with E-state index in [0.29, 0.717) is 18.9 Å². The van der Waals surface area contributed by atoms with Crippen LogP contribution in [0.2, 0.25) is 6.32 Å². The third-order valence-corrected chi connectivity index (χ3v) is 6.28. The minimum Gasteiger partial charge on any atom is -0.373 e. The first-order valence-electron chi connectivity index (χ1n) is 9.53. The Hall–Kier alpha value is -1.29. The molecule has 4 rings (SSSR count).